The maximum Gasteiger partial charge on any atom is 0.225 e. The molecule has 1 aromatic carbocycles. The van der Waals surface area contributed by atoms with Crippen LogP contribution in [0.15, 0.2) is 18.2 Å². The molecule has 0 aliphatic heterocycles. The number of aromatic nitrogens is 4. The highest BCUT2D eigenvalue weighted by Gasteiger charge is 2.20. The van der Waals surface area contributed by atoms with Crippen molar-refractivity contribution in [3.05, 3.63) is 40.3 Å². The van der Waals surface area contributed by atoms with Gasteiger partial charge in [0, 0.05) is 0 Å². The van der Waals surface area contributed by atoms with E-state index in [2.05, 4.69) is 20.2 Å². The van der Waals surface area contributed by atoms with Crippen LogP contribution in [0.4, 0.5) is 8.78 Å². The highest BCUT2D eigenvalue weighted by molar-refractivity contribution is 6.36. The van der Waals surface area contributed by atoms with Gasteiger partial charge in [0.15, 0.2) is 5.65 Å². The monoisotopic (exact) mass is 300 g/mol. The lowest BCUT2D eigenvalue weighted by atomic mass is 10.1. The molecule has 0 atom stereocenters. The van der Waals surface area contributed by atoms with E-state index in [1.165, 1.54) is 6.07 Å². The summed E-state index contributed by atoms with van der Waals surface area (Å²) < 4.78 is 27.5. The fraction of sp³-hybridized carbons (Fsp3) is 0. The lowest BCUT2D eigenvalue weighted by Crippen LogP contribution is -1.91. The molecule has 0 saturated carbocycles. The van der Waals surface area contributed by atoms with Gasteiger partial charge in [-0.3, -0.25) is 5.10 Å². The van der Waals surface area contributed by atoms with Gasteiger partial charge < -0.3 is 0 Å². The summed E-state index contributed by atoms with van der Waals surface area (Å²) in [5, 5.41) is 6.42. The van der Waals surface area contributed by atoms with Crippen molar-refractivity contribution in [2.75, 3.05) is 0 Å². The van der Waals surface area contributed by atoms with Crippen LogP contribution in [0.25, 0.3) is 22.3 Å². The maximum atomic E-state index is 13.8. The summed E-state index contributed by atoms with van der Waals surface area (Å²) in [6.07, 6.45) is 0. The molecule has 0 radical (unpaired) electrons. The number of nitrogens with zero attached hydrogens (tertiary/aromatic N) is 3. The number of hydrogen-bond acceptors (Lipinski definition) is 3. The van der Waals surface area contributed by atoms with Crippen molar-refractivity contribution in [2.24, 2.45) is 0 Å². The largest absolute Gasteiger partial charge is 0.275 e. The van der Waals surface area contributed by atoms with E-state index < -0.39 is 11.6 Å². The molecule has 96 valence electrons. The van der Waals surface area contributed by atoms with Crippen molar-refractivity contribution in [3.8, 4) is 11.3 Å². The third-order valence-electron chi connectivity index (χ3n) is 2.55. The summed E-state index contributed by atoms with van der Waals surface area (Å²) >= 11 is 11.6. The average molecular weight is 301 g/mol. The summed E-state index contributed by atoms with van der Waals surface area (Å²) in [4.78, 5) is 7.56. The maximum absolute atomic E-state index is 13.8. The van der Waals surface area contributed by atoms with Crippen molar-refractivity contribution in [1.82, 2.24) is 20.2 Å². The number of rotatable bonds is 1. The van der Waals surface area contributed by atoms with Gasteiger partial charge in [-0.15, -0.1) is 0 Å². The Morgan fingerprint density at radius 3 is 2.42 bits per heavy atom. The van der Waals surface area contributed by atoms with Gasteiger partial charge >= 0.3 is 0 Å². The molecule has 0 aliphatic carbocycles. The Morgan fingerprint density at radius 2 is 1.74 bits per heavy atom. The summed E-state index contributed by atoms with van der Waals surface area (Å²) in [5.74, 6) is -1.48. The Balaban J connectivity index is 2.38. The third kappa shape index (κ3) is 1.93. The van der Waals surface area contributed by atoms with E-state index >= 15 is 0 Å². The van der Waals surface area contributed by atoms with Crippen LogP contribution in [-0.2, 0) is 0 Å². The molecule has 0 unspecified atom stereocenters. The zero-order chi connectivity index (χ0) is 13.6. The minimum atomic E-state index is -0.739. The summed E-state index contributed by atoms with van der Waals surface area (Å²) in [6.45, 7) is 0. The summed E-state index contributed by atoms with van der Waals surface area (Å²) in [7, 11) is 0. The Hall–Kier alpha value is -1.79. The van der Waals surface area contributed by atoms with Crippen LogP contribution in [-0.4, -0.2) is 20.2 Å². The molecule has 4 nitrogen and oxygen atoms in total. The van der Waals surface area contributed by atoms with Crippen molar-refractivity contribution >= 4 is 34.2 Å². The number of nitrogens with one attached hydrogen (secondary N) is 1. The minimum Gasteiger partial charge on any atom is -0.275 e. The minimum absolute atomic E-state index is 0.0265. The van der Waals surface area contributed by atoms with Gasteiger partial charge in [-0.1, -0.05) is 17.7 Å². The lowest BCUT2D eigenvalue weighted by molar-refractivity contribution is 0.589. The van der Waals surface area contributed by atoms with Crippen LogP contribution in [0.5, 0.6) is 0 Å². The highest BCUT2D eigenvalue weighted by Crippen LogP contribution is 2.33. The Labute approximate surface area is 115 Å². The smallest absolute Gasteiger partial charge is 0.225 e. The van der Waals surface area contributed by atoms with Crippen LogP contribution in [0, 0.1) is 11.6 Å². The van der Waals surface area contributed by atoms with E-state index in [1.54, 1.807) is 0 Å². The highest BCUT2D eigenvalue weighted by atomic mass is 35.5. The molecular formula is C11H4Cl2F2N4. The van der Waals surface area contributed by atoms with Crippen molar-refractivity contribution in [3.63, 3.8) is 0 Å². The van der Waals surface area contributed by atoms with E-state index in [4.69, 9.17) is 23.2 Å². The van der Waals surface area contributed by atoms with Gasteiger partial charge in [0.05, 0.1) is 16.6 Å². The fourth-order valence-electron chi connectivity index (χ4n) is 1.78. The molecule has 2 heterocycles. The first-order valence-electron chi connectivity index (χ1n) is 5.09. The summed E-state index contributed by atoms with van der Waals surface area (Å²) in [6, 6.07) is 3.53. The van der Waals surface area contributed by atoms with Crippen LogP contribution in [0.2, 0.25) is 10.4 Å². The molecule has 3 rings (SSSR count). The third-order valence-corrected chi connectivity index (χ3v) is 3.00. The van der Waals surface area contributed by atoms with E-state index in [9.17, 15) is 8.78 Å². The van der Waals surface area contributed by atoms with Crippen molar-refractivity contribution < 1.29 is 8.78 Å². The number of aromatic amines is 1. The van der Waals surface area contributed by atoms with Gasteiger partial charge in [0.1, 0.15) is 16.8 Å². The standard InChI is InChI=1S/C11H4Cl2F2N4/c12-9-7-8(6-4(14)2-1-3-5(6)15)18-19-10(7)17-11(13)16-9/h1-3H,(H,16,17,18,19). The first kappa shape index (κ1) is 12.3. The molecule has 0 bridgehead atoms. The van der Waals surface area contributed by atoms with Crippen molar-refractivity contribution in [2.45, 2.75) is 0 Å². The first-order chi connectivity index (χ1) is 9.08. The quantitative estimate of drug-likeness (QED) is 0.552. The topological polar surface area (TPSA) is 54.5 Å². The van der Waals surface area contributed by atoms with Gasteiger partial charge in [-0.05, 0) is 23.7 Å². The van der Waals surface area contributed by atoms with Crippen LogP contribution in [0.3, 0.4) is 0 Å². The fourth-order valence-corrected chi connectivity index (χ4v) is 2.24. The molecule has 8 heteroatoms. The zero-order valence-electron chi connectivity index (χ0n) is 9.09. The number of fused-ring (bicyclic) bond motifs is 1. The van der Waals surface area contributed by atoms with Gasteiger partial charge in [0.25, 0.3) is 0 Å². The van der Waals surface area contributed by atoms with Gasteiger partial charge in [-0.2, -0.15) is 10.1 Å². The van der Waals surface area contributed by atoms with Crippen LogP contribution < -0.4 is 0 Å². The molecular weight excluding hydrogens is 297 g/mol. The van der Waals surface area contributed by atoms with Crippen LogP contribution in [0.1, 0.15) is 0 Å². The lowest BCUT2D eigenvalue weighted by Gasteiger charge is -2.03. The second-order valence-corrected chi connectivity index (χ2v) is 4.37. The molecule has 2 aromatic heterocycles. The molecule has 3 aromatic rings. The van der Waals surface area contributed by atoms with Crippen LogP contribution >= 0.6 is 23.2 Å². The van der Waals surface area contributed by atoms with E-state index in [-0.39, 0.29) is 32.7 Å². The number of H-pyrrole nitrogens is 1. The summed E-state index contributed by atoms with van der Waals surface area (Å²) in [5.41, 5.74) is -0.0484. The van der Waals surface area contributed by atoms with Crippen molar-refractivity contribution in [1.29, 1.82) is 0 Å². The van der Waals surface area contributed by atoms with E-state index in [1.807, 2.05) is 0 Å². The Morgan fingerprint density at radius 1 is 1.05 bits per heavy atom. The molecule has 0 amide bonds. The number of halogens is 4. The second-order valence-electron chi connectivity index (χ2n) is 3.68. The predicted molar refractivity (Wildman–Crippen MR) is 67.1 cm³/mol. The Bertz CT molecular complexity index is 767. The molecule has 19 heavy (non-hydrogen) atoms. The van der Waals surface area contributed by atoms with Gasteiger partial charge in [-0.25, -0.2) is 13.8 Å². The Kier molecular flexibility index (Phi) is 2.83. The number of benzene rings is 1. The SMILES string of the molecule is Fc1cccc(F)c1-c1[nH]nc2nc(Cl)nc(Cl)c12. The normalized spacial score (nSPS) is 11.2. The first-order valence-corrected chi connectivity index (χ1v) is 5.85. The zero-order valence-corrected chi connectivity index (χ0v) is 10.6. The average Bonchev–Trinajstić information content (AvgIpc) is 2.72. The molecule has 0 fully saturated rings. The van der Waals surface area contributed by atoms with Gasteiger partial charge in [0.2, 0.25) is 5.28 Å². The molecule has 1 N–H and O–H groups in total. The second kappa shape index (κ2) is 4.40. The molecule has 0 spiro atoms. The molecule has 0 aliphatic rings. The molecule has 0 saturated heterocycles. The predicted octanol–water partition coefficient (Wildman–Crippen LogP) is 3.60. The van der Waals surface area contributed by atoms with E-state index in [0.29, 0.717) is 0 Å². The number of hydrogen-bond donors (Lipinski definition) is 1. The van der Waals surface area contributed by atoms with E-state index in [0.717, 1.165) is 12.1 Å².